The second-order valence-electron chi connectivity index (χ2n) is 8.02. The van der Waals surface area contributed by atoms with Crippen molar-refractivity contribution in [3.05, 3.63) is 29.8 Å². The van der Waals surface area contributed by atoms with E-state index in [1.54, 1.807) is 36.1 Å². The largest absolute Gasteiger partial charge is 0.466 e. The number of hydrogen-bond acceptors (Lipinski definition) is 7. The van der Waals surface area contributed by atoms with Gasteiger partial charge in [-0.15, -0.1) is 0 Å². The Hall–Kier alpha value is -3.14. The molecule has 2 N–H and O–H groups in total. The third kappa shape index (κ3) is 6.44. The molecule has 2 aliphatic heterocycles. The normalized spacial score (nSPS) is 17.2. The summed E-state index contributed by atoms with van der Waals surface area (Å²) in [5, 5.41) is 10.4. The number of anilines is 1. The van der Waals surface area contributed by atoms with E-state index in [2.05, 4.69) is 10.2 Å². The Kier molecular flexibility index (Phi) is 8.65. The van der Waals surface area contributed by atoms with E-state index in [0.717, 1.165) is 31.6 Å². The summed E-state index contributed by atoms with van der Waals surface area (Å²) in [6.45, 7) is 7.84. The van der Waals surface area contributed by atoms with Crippen LogP contribution in [0.25, 0.3) is 0 Å². The molecule has 0 aromatic heterocycles. The fourth-order valence-corrected chi connectivity index (χ4v) is 4.22. The number of likely N-dealkylation sites (tertiary alicyclic amines) is 1. The van der Waals surface area contributed by atoms with Gasteiger partial charge in [0, 0.05) is 50.0 Å². The quantitative estimate of drug-likeness (QED) is 0.350. The van der Waals surface area contributed by atoms with Crippen LogP contribution in [0.4, 0.5) is 15.3 Å². The van der Waals surface area contributed by atoms with E-state index in [9.17, 15) is 14.4 Å². The summed E-state index contributed by atoms with van der Waals surface area (Å²) in [4.78, 5) is 42.1. The number of esters is 1. The number of ether oxygens (including phenoxy) is 2. The molecular formula is C23H33N5O5. The number of amidine groups is 1. The molecule has 180 valence electrons. The highest BCUT2D eigenvalue weighted by Crippen LogP contribution is 2.26. The van der Waals surface area contributed by atoms with Crippen LogP contribution in [0, 0.1) is 5.41 Å². The molecule has 0 unspecified atom stereocenters. The average molecular weight is 460 g/mol. The zero-order chi connectivity index (χ0) is 23.8. The SMILES string of the molecule is CCOC(=O)CCN1CCC(N2CCN(c3ccc(C(=N)NC(=O)OCC)cc3)C2=O)CC1. The topological polar surface area (TPSA) is 115 Å². The number of carbonyl (C=O) groups is 3. The Morgan fingerprint density at radius 2 is 1.70 bits per heavy atom. The zero-order valence-electron chi connectivity index (χ0n) is 19.3. The van der Waals surface area contributed by atoms with Crippen LogP contribution in [0.2, 0.25) is 0 Å². The summed E-state index contributed by atoms with van der Waals surface area (Å²) < 4.78 is 9.78. The van der Waals surface area contributed by atoms with Gasteiger partial charge in [-0.25, -0.2) is 9.59 Å². The molecule has 0 aliphatic carbocycles. The summed E-state index contributed by atoms with van der Waals surface area (Å²) in [5.41, 5.74) is 1.30. The van der Waals surface area contributed by atoms with Gasteiger partial charge in [-0.05, 0) is 51.0 Å². The monoisotopic (exact) mass is 459 g/mol. The van der Waals surface area contributed by atoms with Crippen molar-refractivity contribution in [1.29, 1.82) is 5.41 Å². The van der Waals surface area contributed by atoms with Crippen molar-refractivity contribution in [1.82, 2.24) is 15.1 Å². The van der Waals surface area contributed by atoms with Crippen molar-refractivity contribution in [2.45, 2.75) is 39.2 Å². The number of piperidine rings is 1. The zero-order valence-corrected chi connectivity index (χ0v) is 19.3. The summed E-state index contributed by atoms with van der Waals surface area (Å²) in [5.74, 6) is -0.216. The predicted molar refractivity (Wildman–Crippen MR) is 124 cm³/mol. The number of nitrogens with one attached hydrogen (secondary N) is 2. The van der Waals surface area contributed by atoms with Gasteiger partial charge in [-0.1, -0.05) is 0 Å². The highest BCUT2D eigenvalue weighted by atomic mass is 16.5. The number of hydrogen-bond donors (Lipinski definition) is 2. The van der Waals surface area contributed by atoms with Crippen molar-refractivity contribution in [2.75, 3.05) is 50.8 Å². The van der Waals surface area contributed by atoms with E-state index in [1.807, 2.05) is 11.8 Å². The smallest absolute Gasteiger partial charge is 0.412 e. The van der Waals surface area contributed by atoms with Gasteiger partial charge in [-0.2, -0.15) is 0 Å². The van der Waals surface area contributed by atoms with Crippen LogP contribution in [-0.2, 0) is 14.3 Å². The van der Waals surface area contributed by atoms with Gasteiger partial charge in [0.05, 0.1) is 19.6 Å². The van der Waals surface area contributed by atoms with E-state index in [1.165, 1.54) is 0 Å². The minimum atomic E-state index is -0.663. The second-order valence-corrected chi connectivity index (χ2v) is 8.02. The Labute approximate surface area is 194 Å². The maximum atomic E-state index is 13.1. The van der Waals surface area contributed by atoms with Gasteiger partial charge >= 0.3 is 18.1 Å². The molecule has 1 aromatic carbocycles. The van der Waals surface area contributed by atoms with Crippen LogP contribution in [-0.4, -0.2) is 85.7 Å². The third-order valence-electron chi connectivity index (χ3n) is 5.95. The summed E-state index contributed by atoms with van der Waals surface area (Å²) >= 11 is 0. The molecule has 2 heterocycles. The van der Waals surface area contributed by atoms with Gasteiger partial charge in [0.15, 0.2) is 0 Å². The van der Waals surface area contributed by atoms with Crippen LogP contribution >= 0.6 is 0 Å². The fraction of sp³-hybridized carbons (Fsp3) is 0.565. The van der Waals surface area contributed by atoms with E-state index in [4.69, 9.17) is 14.9 Å². The van der Waals surface area contributed by atoms with E-state index in [0.29, 0.717) is 38.2 Å². The molecule has 10 nitrogen and oxygen atoms in total. The lowest BCUT2D eigenvalue weighted by molar-refractivity contribution is -0.143. The Bertz CT molecular complexity index is 851. The number of nitrogens with zero attached hydrogens (tertiary/aromatic N) is 3. The number of amides is 3. The maximum Gasteiger partial charge on any atom is 0.412 e. The molecule has 33 heavy (non-hydrogen) atoms. The lowest BCUT2D eigenvalue weighted by Gasteiger charge is -2.36. The molecule has 0 bridgehead atoms. The molecular weight excluding hydrogens is 426 g/mol. The second kappa shape index (κ2) is 11.6. The maximum absolute atomic E-state index is 13.1. The lowest BCUT2D eigenvalue weighted by atomic mass is 10.0. The van der Waals surface area contributed by atoms with Crippen LogP contribution in [0.3, 0.4) is 0 Å². The molecule has 2 saturated heterocycles. The van der Waals surface area contributed by atoms with Crippen LogP contribution in [0.5, 0.6) is 0 Å². The third-order valence-corrected chi connectivity index (χ3v) is 5.95. The van der Waals surface area contributed by atoms with E-state index in [-0.39, 0.29) is 30.5 Å². The lowest BCUT2D eigenvalue weighted by Crippen LogP contribution is -2.47. The first kappa shape index (κ1) is 24.5. The summed E-state index contributed by atoms with van der Waals surface area (Å²) in [6, 6.07) is 7.19. The molecule has 0 radical (unpaired) electrons. The number of benzene rings is 1. The highest BCUT2D eigenvalue weighted by Gasteiger charge is 2.36. The number of rotatable bonds is 8. The van der Waals surface area contributed by atoms with Crippen molar-refractivity contribution in [2.24, 2.45) is 0 Å². The first-order valence-electron chi connectivity index (χ1n) is 11.5. The molecule has 1 aromatic rings. The molecule has 0 saturated carbocycles. The molecule has 2 fully saturated rings. The summed E-state index contributed by atoms with van der Waals surface area (Å²) in [7, 11) is 0. The number of carbonyl (C=O) groups excluding carboxylic acids is 3. The van der Waals surface area contributed by atoms with Crippen LogP contribution in [0.1, 0.15) is 38.7 Å². The molecule has 0 spiro atoms. The minimum absolute atomic E-state index is 0.00699. The van der Waals surface area contributed by atoms with Crippen LogP contribution in [0.15, 0.2) is 24.3 Å². The van der Waals surface area contributed by atoms with Gasteiger partial charge in [0.25, 0.3) is 0 Å². The molecule has 3 amide bonds. The average Bonchev–Trinajstić information content (AvgIpc) is 3.19. The predicted octanol–water partition coefficient (Wildman–Crippen LogP) is 2.42. The molecule has 3 rings (SSSR count). The standard InChI is InChI=1S/C23H33N5O5/c1-3-32-20(29)11-14-26-12-9-19(10-13-26)28-16-15-27(23(28)31)18-7-5-17(6-8-18)21(24)25-22(30)33-4-2/h5-8,19H,3-4,9-16H2,1-2H3,(H2,24,25,30). The first-order chi connectivity index (χ1) is 15.9. The van der Waals surface area contributed by atoms with Crippen molar-refractivity contribution < 1.29 is 23.9 Å². The van der Waals surface area contributed by atoms with Crippen molar-refractivity contribution in [3.63, 3.8) is 0 Å². The Morgan fingerprint density at radius 3 is 2.33 bits per heavy atom. The first-order valence-corrected chi connectivity index (χ1v) is 11.5. The number of urea groups is 1. The van der Waals surface area contributed by atoms with Gasteiger partial charge < -0.3 is 19.3 Å². The minimum Gasteiger partial charge on any atom is -0.466 e. The highest BCUT2D eigenvalue weighted by molar-refractivity contribution is 6.05. The van der Waals surface area contributed by atoms with E-state index < -0.39 is 6.09 Å². The molecule has 10 heteroatoms. The number of alkyl carbamates (subject to hydrolysis) is 1. The Balaban J connectivity index is 1.49. The van der Waals surface area contributed by atoms with Crippen molar-refractivity contribution in [3.8, 4) is 0 Å². The van der Waals surface area contributed by atoms with Gasteiger partial charge in [-0.3, -0.25) is 20.4 Å². The Morgan fingerprint density at radius 1 is 1.03 bits per heavy atom. The van der Waals surface area contributed by atoms with E-state index >= 15 is 0 Å². The van der Waals surface area contributed by atoms with Gasteiger partial charge in [0.2, 0.25) is 0 Å². The fourth-order valence-electron chi connectivity index (χ4n) is 4.22. The molecule has 2 aliphatic rings. The van der Waals surface area contributed by atoms with Crippen LogP contribution < -0.4 is 10.2 Å². The van der Waals surface area contributed by atoms with Crippen molar-refractivity contribution >= 4 is 29.6 Å². The summed E-state index contributed by atoms with van der Waals surface area (Å²) in [6.07, 6.45) is 1.51. The van der Waals surface area contributed by atoms with Gasteiger partial charge in [0.1, 0.15) is 5.84 Å². The molecule has 0 atom stereocenters.